The van der Waals surface area contributed by atoms with Gasteiger partial charge in [0.15, 0.2) is 0 Å². The number of aromatic nitrogens is 1. The van der Waals surface area contributed by atoms with Crippen LogP contribution in [-0.2, 0) is 4.79 Å². The van der Waals surface area contributed by atoms with Gasteiger partial charge in [0.2, 0.25) is 5.91 Å². The fraction of sp³-hybridized carbons (Fsp3) is 0.565. The molecule has 0 unspecified atom stereocenters. The number of carbonyl (C=O) groups excluding carboxylic acids is 2. The third kappa shape index (κ3) is 3.71. The highest BCUT2D eigenvalue weighted by atomic mass is 19.1. The zero-order valence-electron chi connectivity index (χ0n) is 17.4. The molecular formula is C23H29FN4O2. The van der Waals surface area contributed by atoms with Crippen LogP contribution in [0.5, 0.6) is 0 Å². The Bertz CT molecular complexity index is 944. The number of carbonyl (C=O) groups is 2. The van der Waals surface area contributed by atoms with E-state index in [0.29, 0.717) is 35.2 Å². The number of benzene rings is 1. The van der Waals surface area contributed by atoms with Crippen LogP contribution in [0.4, 0.5) is 4.39 Å². The summed E-state index contributed by atoms with van der Waals surface area (Å²) in [6, 6.07) is 5.64. The molecule has 160 valence electrons. The Kier molecular flexibility index (Phi) is 5.01. The van der Waals surface area contributed by atoms with Crippen molar-refractivity contribution in [2.75, 3.05) is 19.6 Å². The molecule has 1 aromatic carbocycles. The van der Waals surface area contributed by atoms with Crippen LogP contribution in [0.25, 0.3) is 10.9 Å². The zero-order valence-corrected chi connectivity index (χ0v) is 17.4. The van der Waals surface area contributed by atoms with Gasteiger partial charge in [-0.2, -0.15) is 0 Å². The minimum Gasteiger partial charge on any atom is -0.350 e. The summed E-state index contributed by atoms with van der Waals surface area (Å²) in [7, 11) is 0. The van der Waals surface area contributed by atoms with Crippen LogP contribution < -0.4 is 5.32 Å². The number of nitrogens with zero attached hydrogens (tertiary/aromatic N) is 2. The molecule has 0 radical (unpaired) electrons. The second-order valence-corrected chi connectivity index (χ2v) is 9.12. The molecule has 2 aliphatic carbocycles. The number of nitrogens with one attached hydrogen (secondary N) is 2. The van der Waals surface area contributed by atoms with E-state index in [0.717, 1.165) is 57.2 Å². The maximum atomic E-state index is 14.1. The summed E-state index contributed by atoms with van der Waals surface area (Å²) in [5, 5.41) is 3.59. The number of hydrogen-bond donors (Lipinski definition) is 2. The molecule has 1 aliphatic heterocycles. The Morgan fingerprint density at radius 3 is 2.73 bits per heavy atom. The summed E-state index contributed by atoms with van der Waals surface area (Å²) in [5.74, 6) is -0.255. The van der Waals surface area contributed by atoms with Gasteiger partial charge in [0.05, 0.1) is 12.1 Å². The fourth-order valence-electron chi connectivity index (χ4n) is 5.13. The van der Waals surface area contributed by atoms with Gasteiger partial charge in [-0.25, -0.2) is 4.39 Å². The summed E-state index contributed by atoms with van der Waals surface area (Å²) in [5.41, 5.74) is 1.99. The number of rotatable bonds is 4. The van der Waals surface area contributed by atoms with Crippen molar-refractivity contribution in [1.29, 1.82) is 0 Å². The van der Waals surface area contributed by atoms with Gasteiger partial charge < -0.3 is 15.2 Å². The van der Waals surface area contributed by atoms with E-state index in [4.69, 9.17) is 0 Å². The van der Waals surface area contributed by atoms with E-state index in [2.05, 4.69) is 20.1 Å². The van der Waals surface area contributed by atoms with Crippen molar-refractivity contribution < 1.29 is 14.0 Å². The van der Waals surface area contributed by atoms with Crippen LogP contribution >= 0.6 is 0 Å². The van der Waals surface area contributed by atoms with Gasteiger partial charge in [-0.1, -0.05) is 6.07 Å². The lowest BCUT2D eigenvalue weighted by Crippen LogP contribution is -2.56. The molecule has 0 bridgehead atoms. The van der Waals surface area contributed by atoms with Gasteiger partial charge in [-0.15, -0.1) is 0 Å². The molecule has 3 fully saturated rings. The predicted octanol–water partition coefficient (Wildman–Crippen LogP) is 2.96. The van der Waals surface area contributed by atoms with Gasteiger partial charge in [0.25, 0.3) is 5.91 Å². The molecule has 2 atom stereocenters. The quantitative estimate of drug-likeness (QED) is 0.811. The van der Waals surface area contributed by atoms with Crippen molar-refractivity contribution in [2.24, 2.45) is 0 Å². The van der Waals surface area contributed by atoms with Crippen molar-refractivity contribution in [3.63, 3.8) is 0 Å². The van der Waals surface area contributed by atoms with Gasteiger partial charge in [-0.05, 0) is 63.1 Å². The lowest BCUT2D eigenvalue weighted by molar-refractivity contribution is -0.138. The Morgan fingerprint density at radius 1 is 1.17 bits per heavy atom. The molecule has 1 aromatic heterocycles. The summed E-state index contributed by atoms with van der Waals surface area (Å²) >= 11 is 0. The third-order valence-corrected chi connectivity index (χ3v) is 6.97. The molecule has 3 aliphatic rings. The molecule has 2 saturated carbocycles. The lowest BCUT2D eigenvalue weighted by atomic mass is 9.89. The largest absolute Gasteiger partial charge is 0.350 e. The number of halogens is 1. The van der Waals surface area contributed by atoms with Crippen molar-refractivity contribution in [3.05, 3.63) is 35.3 Å². The van der Waals surface area contributed by atoms with Gasteiger partial charge in [0, 0.05) is 36.6 Å². The van der Waals surface area contributed by atoms with Crippen molar-refractivity contribution >= 4 is 22.7 Å². The highest BCUT2D eigenvalue weighted by molar-refractivity contribution is 5.99. The van der Waals surface area contributed by atoms with E-state index in [-0.39, 0.29) is 23.7 Å². The maximum absolute atomic E-state index is 14.1. The number of hydrogen-bond acceptors (Lipinski definition) is 3. The second kappa shape index (κ2) is 7.69. The number of aryl methyl sites for hydroxylation is 1. The highest BCUT2D eigenvalue weighted by Crippen LogP contribution is 2.30. The van der Waals surface area contributed by atoms with E-state index in [1.54, 1.807) is 12.1 Å². The molecule has 6 nitrogen and oxygen atoms in total. The van der Waals surface area contributed by atoms with E-state index >= 15 is 0 Å². The minimum absolute atomic E-state index is 0.0742. The predicted molar refractivity (Wildman–Crippen MR) is 113 cm³/mol. The molecule has 5 rings (SSSR count). The average Bonchev–Trinajstić information content (AvgIpc) is 3.47. The molecule has 30 heavy (non-hydrogen) atoms. The summed E-state index contributed by atoms with van der Waals surface area (Å²) in [6.45, 7) is 4.16. The van der Waals surface area contributed by atoms with Crippen LogP contribution in [0.1, 0.15) is 54.6 Å². The summed E-state index contributed by atoms with van der Waals surface area (Å²) in [6.07, 6.45) is 6.20. The van der Waals surface area contributed by atoms with E-state index in [1.165, 1.54) is 6.07 Å². The van der Waals surface area contributed by atoms with Gasteiger partial charge >= 0.3 is 0 Å². The average molecular weight is 413 g/mol. The number of aromatic amines is 1. The number of amides is 2. The molecule has 1 saturated heterocycles. The third-order valence-electron chi connectivity index (χ3n) is 6.97. The molecule has 7 heteroatoms. The monoisotopic (exact) mass is 412 g/mol. The van der Waals surface area contributed by atoms with Gasteiger partial charge in [0.1, 0.15) is 11.5 Å². The first kappa shape index (κ1) is 19.5. The normalized spacial score (nSPS) is 25.7. The van der Waals surface area contributed by atoms with Crippen molar-refractivity contribution in [2.45, 2.75) is 63.6 Å². The summed E-state index contributed by atoms with van der Waals surface area (Å²) in [4.78, 5) is 32.8. The number of fused-ring (bicyclic) bond motifs is 1. The molecule has 2 N–H and O–H groups in total. The topological polar surface area (TPSA) is 68.4 Å². The number of H-pyrrole nitrogens is 1. The van der Waals surface area contributed by atoms with Crippen molar-refractivity contribution in [1.82, 2.24) is 20.1 Å². The molecular weight excluding hydrogens is 383 g/mol. The molecule has 2 amide bonds. The maximum Gasteiger partial charge on any atom is 0.267 e. The van der Waals surface area contributed by atoms with Crippen molar-refractivity contribution in [3.8, 4) is 0 Å². The first-order valence-corrected chi connectivity index (χ1v) is 11.1. The fourth-order valence-corrected chi connectivity index (χ4v) is 5.13. The molecule has 2 heterocycles. The SMILES string of the molecule is Cc1ccc(F)c2cc(C(=O)N[C@@H]3CCC[C@H](N4CCN(C5CC5)C(=O)C4)C3)[nH]c12. The summed E-state index contributed by atoms with van der Waals surface area (Å²) < 4.78 is 14.1. The van der Waals surface area contributed by atoms with Crippen LogP contribution in [0.2, 0.25) is 0 Å². The van der Waals surface area contributed by atoms with Crippen LogP contribution in [0.3, 0.4) is 0 Å². The van der Waals surface area contributed by atoms with E-state index < -0.39 is 0 Å². The van der Waals surface area contributed by atoms with Crippen LogP contribution in [0.15, 0.2) is 18.2 Å². The molecule has 0 spiro atoms. The van der Waals surface area contributed by atoms with Crippen LogP contribution in [0, 0.1) is 12.7 Å². The Balaban J connectivity index is 1.22. The van der Waals surface area contributed by atoms with Gasteiger partial charge in [-0.3, -0.25) is 14.5 Å². The lowest BCUT2D eigenvalue weighted by Gasteiger charge is -2.42. The van der Waals surface area contributed by atoms with Crippen LogP contribution in [-0.4, -0.2) is 64.4 Å². The first-order valence-electron chi connectivity index (χ1n) is 11.1. The standard InChI is InChI=1S/C23H29FN4O2/c1-14-5-8-19(24)18-12-20(26-22(14)18)23(30)25-15-3-2-4-17(11-15)27-9-10-28(16-6-7-16)21(29)13-27/h5,8,12,15-17,26H,2-4,6-7,9-11,13H2,1H3,(H,25,30)/t15-,17+/m1/s1. The second-order valence-electron chi connectivity index (χ2n) is 9.12. The smallest absolute Gasteiger partial charge is 0.267 e. The Morgan fingerprint density at radius 2 is 2.00 bits per heavy atom. The Hall–Kier alpha value is -2.41. The molecule has 2 aromatic rings. The Labute approximate surface area is 175 Å². The zero-order chi connectivity index (χ0) is 20.8. The minimum atomic E-state index is -0.321. The number of piperazine rings is 1. The van der Waals surface area contributed by atoms with E-state index in [1.807, 2.05) is 6.92 Å². The first-order chi connectivity index (χ1) is 14.5. The van der Waals surface area contributed by atoms with E-state index in [9.17, 15) is 14.0 Å². The highest BCUT2D eigenvalue weighted by Gasteiger charge is 2.38.